The lowest BCUT2D eigenvalue weighted by atomic mass is 10.00. The van der Waals surface area contributed by atoms with Crippen LogP contribution in [0.5, 0.6) is 0 Å². The number of thioether (sulfide) groups is 1. The summed E-state index contributed by atoms with van der Waals surface area (Å²) in [4.78, 5) is 0. The molecule has 2 unspecified atom stereocenters. The van der Waals surface area contributed by atoms with E-state index in [1.807, 2.05) is 4.68 Å². The second-order valence-corrected chi connectivity index (χ2v) is 7.50. The minimum absolute atomic E-state index is 0.309. The molecule has 106 valence electrons. The third kappa shape index (κ3) is 2.42. The summed E-state index contributed by atoms with van der Waals surface area (Å²) in [6, 6.07) is 3.62. The maximum atomic E-state index is 9.52. The number of nitrogens with one attached hydrogen (secondary N) is 1. The Morgan fingerprint density at radius 3 is 2.85 bits per heavy atom. The van der Waals surface area contributed by atoms with E-state index in [4.69, 9.17) is 0 Å². The number of hydrogen-bond donors (Lipinski definition) is 1. The first kappa shape index (κ1) is 12.6. The van der Waals surface area contributed by atoms with Crippen molar-refractivity contribution in [1.29, 1.82) is 5.26 Å². The Kier molecular flexibility index (Phi) is 2.97. The molecule has 6 nitrogen and oxygen atoms in total. The van der Waals surface area contributed by atoms with Gasteiger partial charge in [0.2, 0.25) is 5.16 Å². The van der Waals surface area contributed by atoms with Gasteiger partial charge in [0.15, 0.2) is 0 Å². The highest BCUT2D eigenvalue weighted by atomic mass is 32.2. The summed E-state index contributed by atoms with van der Waals surface area (Å²) in [7, 11) is 0. The summed E-state index contributed by atoms with van der Waals surface area (Å²) in [5, 5.41) is 26.5. The Balaban J connectivity index is 1.42. The van der Waals surface area contributed by atoms with Crippen LogP contribution >= 0.6 is 11.8 Å². The van der Waals surface area contributed by atoms with Gasteiger partial charge in [-0.2, -0.15) is 5.26 Å². The van der Waals surface area contributed by atoms with E-state index < -0.39 is 0 Å². The molecule has 3 aliphatic carbocycles. The van der Waals surface area contributed by atoms with Crippen molar-refractivity contribution in [3.8, 4) is 6.07 Å². The summed E-state index contributed by atoms with van der Waals surface area (Å²) >= 11 is 1.75. The molecule has 0 spiro atoms. The minimum atomic E-state index is -0.309. The fourth-order valence-electron chi connectivity index (χ4n) is 2.94. The van der Waals surface area contributed by atoms with Gasteiger partial charge in [-0.25, -0.2) is 4.68 Å². The standard InChI is InChI=1S/C13H18N6S/c14-8-13(15-9-1-2-9)6-5-11(7-13)20-12-16-17-18-19(12)10-3-4-10/h9-11,15H,1-7H2. The van der Waals surface area contributed by atoms with Gasteiger partial charge < -0.3 is 0 Å². The first-order valence-corrected chi connectivity index (χ1v) is 8.29. The van der Waals surface area contributed by atoms with E-state index in [9.17, 15) is 5.26 Å². The van der Waals surface area contributed by atoms with Gasteiger partial charge in [0.25, 0.3) is 0 Å². The van der Waals surface area contributed by atoms with Crippen LogP contribution < -0.4 is 5.32 Å². The van der Waals surface area contributed by atoms with E-state index in [2.05, 4.69) is 26.9 Å². The van der Waals surface area contributed by atoms with Gasteiger partial charge in [0.05, 0.1) is 12.1 Å². The topological polar surface area (TPSA) is 79.4 Å². The highest BCUT2D eigenvalue weighted by Crippen LogP contribution is 2.43. The molecule has 1 aromatic heterocycles. The first-order chi connectivity index (χ1) is 9.78. The monoisotopic (exact) mass is 290 g/mol. The second-order valence-electron chi connectivity index (χ2n) is 6.23. The molecular weight excluding hydrogens is 272 g/mol. The van der Waals surface area contributed by atoms with Crippen LogP contribution in [0, 0.1) is 11.3 Å². The Hall–Kier alpha value is -1.13. The molecule has 4 rings (SSSR count). The zero-order chi connectivity index (χ0) is 13.6. The van der Waals surface area contributed by atoms with Crippen LogP contribution in [-0.2, 0) is 0 Å². The minimum Gasteiger partial charge on any atom is -0.297 e. The van der Waals surface area contributed by atoms with Gasteiger partial charge >= 0.3 is 0 Å². The second kappa shape index (κ2) is 4.71. The highest BCUT2D eigenvalue weighted by molar-refractivity contribution is 7.99. The van der Waals surface area contributed by atoms with Gasteiger partial charge in [-0.3, -0.25) is 5.32 Å². The summed E-state index contributed by atoms with van der Waals surface area (Å²) in [6.07, 6.45) is 7.74. The van der Waals surface area contributed by atoms with Crippen molar-refractivity contribution in [3.05, 3.63) is 0 Å². The Bertz CT molecular complexity index is 543. The number of rotatable bonds is 5. The van der Waals surface area contributed by atoms with E-state index in [1.165, 1.54) is 25.7 Å². The van der Waals surface area contributed by atoms with Crippen LogP contribution in [-0.4, -0.2) is 37.0 Å². The summed E-state index contributed by atoms with van der Waals surface area (Å²) in [5.74, 6) is 0. The SMILES string of the molecule is N#CC1(NC2CC2)CCC(Sc2nnnn2C2CC2)C1. The molecule has 20 heavy (non-hydrogen) atoms. The van der Waals surface area contributed by atoms with Crippen molar-refractivity contribution in [2.75, 3.05) is 0 Å². The van der Waals surface area contributed by atoms with Gasteiger partial charge in [-0.15, -0.1) is 5.10 Å². The van der Waals surface area contributed by atoms with E-state index in [0.29, 0.717) is 17.3 Å². The molecule has 0 aliphatic heterocycles. The Morgan fingerprint density at radius 2 is 2.15 bits per heavy atom. The lowest BCUT2D eigenvalue weighted by Gasteiger charge is -2.22. The van der Waals surface area contributed by atoms with Crippen LogP contribution in [0.2, 0.25) is 0 Å². The molecule has 3 saturated carbocycles. The number of nitrogens with zero attached hydrogens (tertiary/aromatic N) is 5. The van der Waals surface area contributed by atoms with Crippen LogP contribution in [0.3, 0.4) is 0 Å². The van der Waals surface area contributed by atoms with Crippen molar-refractivity contribution in [2.24, 2.45) is 0 Å². The largest absolute Gasteiger partial charge is 0.297 e. The van der Waals surface area contributed by atoms with E-state index in [0.717, 1.165) is 24.4 Å². The van der Waals surface area contributed by atoms with Crippen molar-refractivity contribution in [2.45, 2.75) is 73.0 Å². The molecule has 0 aromatic carbocycles. The number of aromatic nitrogens is 4. The fourth-order valence-corrected chi connectivity index (χ4v) is 4.22. The zero-order valence-corrected chi connectivity index (χ0v) is 12.1. The molecule has 1 heterocycles. The molecule has 2 atom stereocenters. The molecule has 1 aromatic rings. The van der Waals surface area contributed by atoms with Crippen LogP contribution in [0.4, 0.5) is 0 Å². The van der Waals surface area contributed by atoms with Crippen LogP contribution in [0.1, 0.15) is 51.0 Å². The molecular formula is C13H18N6S. The fraction of sp³-hybridized carbons (Fsp3) is 0.846. The molecule has 0 radical (unpaired) electrons. The average Bonchev–Trinajstić information content (AvgIpc) is 3.37. The third-order valence-electron chi connectivity index (χ3n) is 4.37. The summed E-state index contributed by atoms with van der Waals surface area (Å²) in [5.41, 5.74) is -0.309. The van der Waals surface area contributed by atoms with Gasteiger partial charge in [-0.05, 0) is 55.4 Å². The van der Waals surface area contributed by atoms with Crippen molar-refractivity contribution >= 4 is 11.8 Å². The summed E-state index contributed by atoms with van der Waals surface area (Å²) in [6.45, 7) is 0. The Morgan fingerprint density at radius 1 is 1.30 bits per heavy atom. The highest BCUT2D eigenvalue weighted by Gasteiger charge is 2.43. The average molecular weight is 290 g/mol. The quantitative estimate of drug-likeness (QED) is 0.888. The zero-order valence-electron chi connectivity index (χ0n) is 11.3. The van der Waals surface area contributed by atoms with E-state index in [-0.39, 0.29) is 5.54 Å². The molecule has 0 saturated heterocycles. The lowest BCUT2D eigenvalue weighted by molar-refractivity contribution is 0.420. The van der Waals surface area contributed by atoms with Gasteiger partial charge in [0.1, 0.15) is 5.54 Å². The number of hydrogen-bond acceptors (Lipinski definition) is 6. The number of tetrazole rings is 1. The van der Waals surface area contributed by atoms with Crippen molar-refractivity contribution in [3.63, 3.8) is 0 Å². The molecule has 3 fully saturated rings. The predicted molar refractivity (Wildman–Crippen MR) is 74.1 cm³/mol. The lowest BCUT2D eigenvalue weighted by Crippen LogP contribution is -2.43. The van der Waals surface area contributed by atoms with E-state index >= 15 is 0 Å². The van der Waals surface area contributed by atoms with Crippen molar-refractivity contribution < 1.29 is 0 Å². The maximum absolute atomic E-state index is 9.52. The molecule has 0 bridgehead atoms. The predicted octanol–water partition coefficient (Wildman–Crippen LogP) is 1.67. The van der Waals surface area contributed by atoms with Crippen LogP contribution in [0.25, 0.3) is 0 Å². The molecule has 0 amide bonds. The smallest absolute Gasteiger partial charge is 0.209 e. The molecule has 1 N–H and O–H groups in total. The Labute approximate surface area is 122 Å². The molecule has 3 aliphatic rings. The summed E-state index contributed by atoms with van der Waals surface area (Å²) < 4.78 is 1.96. The van der Waals surface area contributed by atoms with Gasteiger partial charge in [0, 0.05) is 11.3 Å². The van der Waals surface area contributed by atoms with E-state index in [1.54, 1.807) is 11.8 Å². The third-order valence-corrected chi connectivity index (χ3v) is 5.58. The maximum Gasteiger partial charge on any atom is 0.209 e. The number of nitriles is 1. The van der Waals surface area contributed by atoms with Crippen molar-refractivity contribution in [1.82, 2.24) is 25.5 Å². The normalized spacial score (nSPS) is 33.2. The first-order valence-electron chi connectivity index (χ1n) is 7.41. The molecule has 7 heteroatoms. The van der Waals surface area contributed by atoms with Crippen LogP contribution in [0.15, 0.2) is 5.16 Å². The van der Waals surface area contributed by atoms with Gasteiger partial charge in [-0.1, -0.05) is 11.8 Å².